The van der Waals surface area contributed by atoms with Crippen molar-refractivity contribution in [1.29, 1.82) is 0 Å². The third-order valence-corrected chi connectivity index (χ3v) is 5.47. The first-order valence-electron chi connectivity index (χ1n) is 10.8. The summed E-state index contributed by atoms with van der Waals surface area (Å²) >= 11 is 0. The van der Waals surface area contributed by atoms with Crippen LogP contribution in [0.1, 0.15) is 24.1 Å². The minimum atomic E-state index is -0.115. The zero-order valence-corrected chi connectivity index (χ0v) is 18.7. The molecule has 2 aromatic carbocycles. The molecule has 31 heavy (non-hydrogen) atoms. The normalized spacial score (nSPS) is 16.2. The van der Waals surface area contributed by atoms with Gasteiger partial charge in [0.1, 0.15) is 0 Å². The number of carbonyl (C=O) groups excluding carboxylic acids is 1. The second kappa shape index (κ2) is 11.5. The van der Waals surface area contributed by atoms with Crippen LogP contribution in [-0.2, 0) is 4.79 Å². The van der Waals surface area contributed by atoms with Crippen LogP contribution in [0.5, 0.6) is 11.5 Å². The first-order valence-corrected chi connectivity index (χ1v) is 10.8. The van der Waals surface area contributed by atoms with Gasteiger partial charge in [0.25, 0.3) is 0 Å². The molecular formula is C25H33N3O3. The summed E-state index contributed by atoms with van der Waals surface area (Å²) in [5, 5.41) is 3.19. The molecule has 2 aromatic rings. The average molecular weight is 424 g/mol. The van der Waals surface area contributed by atoms with E-state index in [9.17, 15) is 4.79 Å². The van der Waals surface area contributed by atoms with Crippen molar-refractivity contribution in [3.8, 4) is 11.5 Å². The van der Waals surface area contributed by atoms with E-state index in [1.807, 2.05) is 43.3 Å². The molecule has 0 aliphatic carbocycles. The standard InChI is InChI=1S/C25H33N3O3/c1-4-31-23-12-10-20(18-24(23)30-3)11-13-25(29)26-22(21-8-6-5-7-9-21)19-28-16-14-27(2)15-17-28/h5-13,18,22H,4,14-17,19H2,1-3H3,(H,26,29)/b13-11+. The number of amides is 1. The van der Waals surface area contributed by atoms with Gasteiger partial charge in [-0.2, -0.15) is 0 Å². The Morgan fingerprint density at radius 3 is 2.52 bits per heavy atom. The fraction of sp³-hybridized carbons (Fsp3) is 0.400. The second-order valence-electron chi connectivity index (χ2n) is 7.75. The van der Waals surface area contributed by atoms with Crippen molar-refractivity contribution in [3.05, 3.63) is 65.7 Å². The largest absolute Gasteiger partial charge is 0.493 e. The predicted molar refractivity (Wildman–Crippen MR) is 124 cm³/mol. The summed E-state index contributed by atoms with van der Waals surface area (Å²) in [7, 11) is 3.76. The summed E-state index contributed by atoms with van der Waals surface area (Å²) in [5.41, 5.74) is 2.00. The third kappa shape index (κ3) is 6.84. The van der Waals surface area contributed by atoms with Crippen molar-refractivity contribution in [2.45, 2.75) is 13.0 Å². The molecule has 6 heteroatoms. The Morgan fingerprint density at radius 2 is 1.84 bits per heavy atom. The zero-order chi connectivity index (χ0) is 22.1. The smallest absolute Gasteiger partial charge is 0.244 e. The summed E-state index contributed by atoms with van der Waals surface area (Å²) in [6.07, 6.45) is 3.38. The molecule has 1 atom stereocenters. The molecule has 1 N–H and O–H groups in total. The van der Waals surface area contributed by atoms with Gasteiger partial charge in [-0.3, -0.25) is 9.69 Å². The number of nitrogens with one attached hydrogen (secondary N) is 1. The lowest BCUT2D eigenvalue weighted by Crippen LogP contribution is -2.47. The molecule has 0 spiro atoms. The molecular weight excluding hydrogens is 390 g/mol. The van der Waals surface area contributed by atoms with Gasteiger partial charge in [0.15, 0.2) is 11.5 Å². The lowest BCUT2D eigenvalue weighted by molar-refractivity contribution is -0.117. The SMILES string of the molecule is CCOc1ccc(/C=C/C(=O)NC(CN2CCN(C)CC2)c2ccccc2)cc1OC. The van der Waals surface area contributed by atoms with Gasteiger partial charge >= 0.3 is 0 Å². The number of carbonyl (C=O) groups is 1. The molecule has 1 aliphatic heterocycles. The third-order valence-electron chi connectivity index (χ3n) is 5.47. The Kier molecular flexibility index (Phi) is 8.50. The Labute approximate surface area is 185 Å². The molecule has 0 aromatic heterocycles. The van der Waals surface area contributed by atoms with Crippen LogP contribution in [0.2, 0.25) is 0 Å². The van der Waals surface area contributed by atoms with Crippen molar-refractivity contribution in [2.24, 2.45) is 0 Å². The lowest BCUT2D eigenvalue weighted by Gasteiger charge is -2.34. The highest BCUT2D eigenvalue weighted by Crippen LogP contribution is 2.28. The molecule has 1 saturated heterocycles. The van der Waals surface area contributed by atoms with Crippen molar-refractivity contribution >= 4 is 12.0 Å². The fourth-order valence-corrected chi connectivity index (χ4v) is 3.66. The van der Waals surface area contributed by atoms with Crippen molar-refractivity contribution in [2.75, 3.05) is 53.5 Å². The van der Waals surface area contributed by atoms with E-state index in [1.165, 1.54) is 0 Å². The van der Waals surface area contributed by atoms with Gasteiger partial charge in [0.05, 0.1) is 19.8 Å². The maximum atomic E-state index is 12.7. The van der Waals surface area contributed by atoms with Gasteiger partial charge in [-0.15, -0.1) is 0 Å². The van der Waals surface area contributed by atoms with E-state index in [2.05, 4.69) is 34.3 Å². The van der Waals surface area contributed by atoms with Crippen LogP contribution < -0.4 is 14.8 Å². The minimum absolute atomic E-state index is 0.0587. The molecule has 3 rings (SSSR count). The Balaban J connectivity index is 1.67. The lowest BCUT2D eigenvalue weighted by atomic mass is 10.1. The Bertz CT molecular complexity index is 862. The summed E-state index contributed by atoms with van der Waals surface area (Å²) < 4.78 is 10.9. The number of hydrogen-bond acceptors (Lipinski definition) is 5. The van der Waals surface area contributed by atoms with E-state index in [0.29, 0.717) is 18.1 Å². The molecule has 0 saturated carbocycles. The molecule has 0 bridgehead atoms. The molecule has 166 valence electrons. The summed E-state index contributed by atoms with van der Waals surface area (Å²) in [4.78, 5) is 17.5. The molecule has 1 heterocycles. The van der Waals surface area contributed by atoms with E-state index in [-0.39, 0.29) is 11.9 Å². The molecule has 1 aliphatic rings. The van der Waals surface area contributed by atoms with Crippen LogP contribution in [-0.4, -0.2) is 69.2 Å². The van der Waals surface area contributed by atoms with Crippen LogP contribution >= 0.6 is 0 Å². The van der Waals surface area contributed by atoms with Gasteiger partial charge in [0.2, 0.25) is 5.91 Å². The maximum Gasteiger partial charge on any atom is 0.244 e. The Morgan fingerprint density at radius 1 is 1.10 bits per heavy atom. The molecule has 1 amide bonds. The van der Waals surface area contributed by atoms with E-state index in [0.717, 1.165) is 43.9 Å². The molecule has 1 fully saturated rings. The monoisotopic (exact) mass is 423 g/mol. The number of nitrogens with zero attached hydrogens (tertiary/aromatic N) is 2. The van der Waals surface area contributed by atoms with Crippen LogP contribution in [0.25, 0.3) is 6.08 Å². The highest BCUT2D eigenvalue weighted by Gasteiger charge is 2.20. The first-order chi connectivity index (χ1) is 15.1. The van der Waals surface area contributed by atoms with Gasteiger partial charge in [-0.1, -0.05) is 36.4 Å². The number of methoxy groups -OCH3 is 1. The molecule has 0 radical (unpaired) electrons. The van der Waals surface area contributed by atoms with E-state index < -0.39 is 0 Å². The highest BCUT2D eigenvalue weighted by molar-refractivity contribution is 5.92. The van der Waals surface area contributed by atoms with E-state index in [1.54, 1.807) is 19.3 Å². The van der Waals surface area contributed by atoms with Crippen molar-refractivity contribution in [1.82, 2.24) is 15.1 Å². The average Bonchev–Trinajstić information content (AvgIpc) is 2.80. The van der Waals surface area contributed by atoms with Gasteiger partial charge in [-0.25, -0.2) is 0 Å². The number of hydrogen-bond donors (Lipinski definition) is 1. The highest BCUT2D eigenvalue weighted by atomic mass is 16.5. The second-order valence-corrected chi connectivity index (χ2v) is 7.75. The Hall–Kier alpha value is -2.83. The van der Waals surface area contributed by atoms with Gasteiger partial charge in [-0.05, 0) is 43.3 Å². The predicted octanol–water partition coefficient (Wildman–Crippen LogP) is 3.21. The van der Waals surface area contributed by atoms with Crippen LogP contribution in [0.3, 0.4) is 0 Å². The van der Waals surface area contributed by atoms with Crippen LogP contribution in [0.4, 0.5) is 0 Å². The maximum absolute atomic E-state index is 12.7. The fourth-order valence-electron chi connectivity index (χ4n) is 3.66. The number of ether oxygens (including phenoxy) is 2. The molecule has 1 unspecified atom stereocenters. The van der Waals surface area contributed by atoms with E-state index >= 15 is 0 Å². The van der Waals surface area contributed by atoms with Crippen molar-refractivity contribution in [3.63, 3.8) is 0 Å². The van der Waals surface area contributed by atoms with E-state index in [4.69, 9.17) is 9.47 Å². The number of rotatable bonds is 9. The van der Waals surface area contributed by atoms with Crippen LogP contribution in [0.15, 0.2) is 54.6 Å². The number of piperazine rings is 1. The van der Waals surface area contributed by atoms with Gasteiger partial charge in [0, 0.05) is 38.8 Å². The topological polar surface area (TPSA) is 54.0 Å². The molecule has 6 nitrogen and oxygen atoms in total. The van der Waals surface area contributed by atoms with Gasteiger partial charge < -0.3 is 19.7 Å². The summed E-state index contributed by atoms with van der Waals surface area (Å²) in [6, 6.07) is 15.8. The quantitative estimate of drug-likeness (QED) is 0.628. The zero-order valence-electron chi connectivity index (χ0n) is 18.7. The first kappa shape index (κ1) is 22.8. The number of likely N-dealkylation sites (N-methyl/N-ethyl adjacent to an activating group) is 1. The summed E-state index contributed by atoms with van der Waals surface area (Å²) in [5.74, 6) is 1.24. The number of benzene rings is 2. The summed E-state index contributed by atoms with van der Waals surface area (Å²) in [6.45, 7) is 7.43. The van der Waals surface area contributed by atoms with Crippen molar-refractivity contribution < 1.29 is 14.3 Å². The van der Waals surface area contributed by atoms with Crippen LogP contribution in [0, 0.1) is 0 Å². The minimum Gasteiger partial charge on any atom is -0.493 e.